The molecule has 0 aromatic carbocycles. The van der Waals surface area contributed by atoms with E-state index < -0.39 is 18.7 Å². The van der Waals surface area contributed by atoms with E-state index in [2.05, 4.69) is 30.2 Å². The Morgan fingerprint density at radius 1 is 1.36 bits per heavy atom. The SMILES string of the molecule is Cc1[nH]nc2ncc(NC(=O)c3cccc(OCC(F)(F)F)n3)cc12. The highest BCUT2D eigenvalue weighted by Crippen LogP contribution is 2.19. The number of aromatic amines is 1. The molecule has 1 amide bonds. The molecule has 0 aliphatic rings. The average molecular weight is 351 g/mol. The minimum absolute atomic E-state index is 0.0799. The van der Waals surface area contributed by atoms with Gasteiger partial charge in [0, 0.05) is 17.1 Å². The number of alkyl halides is 3. The van der Waals surface area contributed by atoms with Gasteiger partial charge < -0.3 is 10.1 Å². The molecule has 10 heteroatoms. The summed E-state index contributed by atoms with van der Waals surface area (Å²) in [5.74, 6) is -0.885. The molecule has 0 aliphatic heterocycles. The van der Waals surface area contributed by atoms with Gasteiger partial charge in [0.1, 0.15) is 5.69 Å². The Kier molecular flexibility index (Phi) is 4.26. The first-order valence-electron chi connectivity index (χ1n) is 7.10. The van der Waals surface area contributed by atoms with Gasteiger partial charge >= 0.3 is 6.18 Å². The lowest BCUT2D eigenvalue weighted by Crippen LogP contribution is -2.20. The highest BCUT2D eigenvalue weighted by molar-refractivity contribution is 6.03. The average Bonchev–Trinajstić information content (AvgIpc) is 2.93. The molecule has 130 valence electrons. The molecular formula is C15H12F3N5O2. The third-order valence-corrected chi connectivity index (χ3v) is 3.20. The quantitative estimate of drug-likeness (QED) is 0.754. The second kappa shape index (κ2) is 6.38. The second-order valence-electron chi connectivity index (χ2n) is 5.16. The number of nitrogens with zero attached hydrogens (tertiary/aromatic N) is 3. The van der Waals surface area contributed by atoms with Gasteiger partial charge in [0.25, 0.3) is 5.91 Å². The number of hydrogen-bond acceptors (Lipinski definition) is 5. The van der Waals surface area contributed by atoms with Crippen LogP contribution in [-0.4, -0.2) is 38.9 Å². The van der Waals surface area contributed by atoms with Crippen molar-refractivity contribution in [2.45, 2.75) is 13.1 Å². The Labute approximate surface area is 139 Å². The van der Waals surface area contributed by atoms with Crippen molar-refractivity contribution in [2.75, 3.05) is 11.9 Å². The molecule has 0 spiro atoms. The van der Waals surface area contributed by atoms with Crippen LogP contribution >= 0.6 is 0 Å². The summed E-state index contributed by atoms with van der Waals surface area (Å²) < 4.78 is 41.1. The number of fused-ring (bicyclic) bond motifs is 1. The molecule has 3 aromatic heterocycles. The van der Waals surface area contributed by atoms with Crippen LogP contribution in [0.15, 0.2) is 30.5 Å². The Bertz CT molecular complexity index is 923. The van der Waals surface area contributed by atoms with Gasteiger partial charge in [0.2, 0.25) is 5.88 Å². The Morgan fingerprint density at radius 2 is 2.16 bits per heavy atom. The summed E-state index contributed by atoms with van der Waals surface area (Å²) in [6.07, 6.45) is -3.06. The van der Waals surface area contributed by atoms with Crippen molar-refractivity contribution in [2.24, 2.45) is 0 Å². The van der Waals surface area contributed by atoms with Gasteiger partial charge in [-0.2, -0.15) is 18.3 Å². The molecule has 0 fully saturated rings. The summed E-state index contributed by atoms with van der Waals surface area (Å²) in [6.45, 7) is 0.330. The number of aryl methyl sites for hydroxylation is 1. The molecule has 3 rings (SSSR count). The number of nitrogens with one attached hydrogen (secondary N) is 2. The van der Waals surface area contributed by atoms with Gasteiger partial charge in [-0.3, -0.25) is 9.89 Å². The molecule has 0 unspecified atom stereocenters. The van der Waals surface area contributed by atoms with Crippen LogP contribution in [0.2, 0.25) is 0 Å². The summed E-state index contributed by atoms with van der Waals surface area (Å²) in [5, 5.41) is 10.1. The normalized spacial score (nSPS) is 11.5. The maximum atomic E-state index is 12.2. The third-order valence-electron chi connectivity index (χ3n) is 3.20. The van der Waals surface area contributed by atoms with Crippen LogP contribution in [0, 0.1) is 6.92 Å². The highest BCUT2D eigenvalue weighted by Gasteiger charge is 2.28. The van der Waals surface area contributed by atoms with E-state index in [0.717, 1.165) is 11.1 Å². The number of anilines is 1. The number of halogens is 3. The van der Waals surface area contributed by atoms with E-state index in [1.54, 1.807) is 6.07 Å². The number of amides is 1. The van der Waals surface area contributed by atoms with E-state index >= 15 is 0 Å². The summed E-state index contributed by atoms with van der Waals surface area (Å²) in [4.78, 5) is 20.1. The number of H-pyrrole nitrogens is 1. The number of carbonyl (C=O) groups is 1. The van der Waals surface area contributed by atoms with Crippen molar-refractivity contribution in [1.82, 2.24) is 20.2 Å². The molecule has 7 nitrogen and oxygen atoms in total. The minimum Gasteiger partial charge on any atom is -0.468 e. The van der Waals surface area contributed by atoms with Crippen molar-refractivity contribution in [3.8, 4) is 5.88 Å². The van der Waals surface area contributed by atoms with Crippen LogP contribution in [0.4, 0.5) is 18.9 Å². The van der Waals surface area contributed by atoms with Crippen LogP contribution in [0.25, 0.3) is 11.0 Å². The lowest BCUT2D eigenvalue weighted by Gasteiger charge is -2.09. The van der Waals surface area contributed by atoms with Crippen molar-refractivity contribution in [3.05, 3.63) is 41.9 Å². The Hall–Kier alpha value is -3.17. The lowest BCUT2D eigenvalue weighted by molar-refractivity contribution is -0.154. The Morgan fingerprint density at radius 3 is 2.92 bits per heavy atom. The molecule has 0 radical (unpaired) electrons. The van der Waals surface area contributed by atoms with E-state index in [0.29, 0.717) is 11.3 Å². The molecule has 3 aromatic rings. The molecule has 0 aliphatic carbocycles. The fourth-order valence-electron chi connectivity index (χ4n) is 2.06. The Balaban J connectivity index is 1.74. The molecule has 0 saturated heterocycles. The zero-order chi connectivity index (χ0) is 18.0. The van der Waals surface area contributed by atoms with Gasteiger partial charge in [-0.1, -0.05) is 6.07 Å². The molecule has 2 N–H and O–H groups in total. The van der Waals surface area contributed by atoms with E-state index in [1.165, 1.54) is 24.4 Å². The molecule has 3 heterocycles. The van der Waals surface area contributed by atoms with Crippen molar-refractivity contribution in [3.63, 3.8) is 0 Å². The standard InChI is InChI=1S/C15H12F3N5O2/c1-8-10-5-9(6-19-13(10)23-22-8)20-14(24)11-3-2-4-12(21-11)25-7-15(16,17)18/h2-6H,7H2,1H3,(H,20,24)(H,19,22,23). The largest absolute Gasteiger partial charge is 0.468 e. The third kappa shape index (κ3) is 4.03. The highest BCUT2D eigenvalue weighted by atomic mass is 19.4. The first-order chi connectivity index (χ1) is 11.8. The smallest absolute Gasteiger partial charge is 0.422 e. The van der Waals surface area contributed by atoms with E-state index in [4.69, 9.17) is 0 Å². The molecule has 0 saturated carbocycles. The number of ether oxygens (including phenoxy) is 1. The number of pyridine rings is 2. The van der Waals surface area contributed by atoms with Gasteiger partial charge in [0.15, 0.2) is 12.3 Å². The summed E-state index contributed by atoms with van der Waals surface area (Å²) in [7, 11) is 0. The van der Waals surface area contributed by atoms with Gasteiger partial charge in [0.05, 0.1) is 11.9 Å². The molecule has 0 atom stereocenters. The van der Waals surface area contributed by atoms with Gasteiger partial charge in [-0.15, -0.1) is 0 Å². The first kappa shape index (κ1) is 16.7. The van der Waals surface area contributed by atoms with Crippen molar-refractivity contribution in [1.29, 1.82) is 0 Å². The first-order valence-corrected chi connectivity index (χ1v) is 7.10. The predicted octanol–water partition coefficient (Wildman–Crippen LogP) is 2.85. The summed E-state index contributed by atoms with van der Waals surface area (Å²) in [6, 6.07) is 5.67. The van der Waals surface area contributed by atoms with Crippen molar-refractivity contribution >= 4 is 22.6 Å². The maximum Gasteiger partial charge on any atom is 0.422 e. The monoisotopic (exact) mass is 351 g/mol. The molecule has 0 bridgehead atoms. The number of hydrogen-bond donors (Lipinski definition) is 2. The predicted molar refractivity (Wildman–Crippen MR) is 82.4 cm³/mol. The zero-order valence-corrected chi connectivity index (χ0v) is 12.9. The molecule has 25 heavy (non-hydrogen) atoms. The van der Waals surface area contributed by atoms with Crippen LogP contribution in [0.3, 0.4) is 0 Å². The van der Waals surface area contributed by atoms with Crippen LogP contribution in [-0.2, 0) is 0 Å². The van der Waals surface area contributed by atoms with Crippen LogP contribution < -0.4 is 10.1 Å². The maximum absolute atomic E-state index is 12.2. The number of carbonyl (C=O) groups excluding carboxylic acids is 1. The van der Waals surface area contributed by atoms with Crippen LogP contribution in [0.5, 0.6) is 5.88 Å². The lowest BCUT2D eigenvalue weighted by atomic mass is 10.2. The van der Waals surface area contributed by atoms with E-state index in [-0.39, 0.29) is 11.6 Å². The minimum atomic E-state index is -4.48. The summed E-state index contributed by atoms with van der Waals surface area (Å²) >= 11 is 0. The summed E-state index contributed by atoms with van der Waals surface area (Å²) in [5.41, 5.74) is 1.63. The topological polar surface area (TPSA) is 92.8 Å². The fraction of sp³-hybridized carbons (Fsp3) is 0.200. The van der Waals surface area contributed by atoms with E-state index in [9.17, 15) is 18.0 Å². The fourth-order valence-corrected chi connectivity index (χ4v) is 2.06. The van der Waals surface area contributed by atoms with E-state index in [1.807, 2.05) is 6.92 Å². The van der Waals surface area contributed by atoms with Crippen molar-refractivity contribution < 1.29 is 22.7 Å². The zero-order valence-electron chi connectivity index (χ0n) is 12.9. The number of rotatable bonds is 4. The number of aromatic nitrogens is 4. The van der Waals surface area contributed by atoms with Gasteiger partial charge in [-0.05, 0) is 19.1 Å². The second-order valence-corrected chi connectivity index (χ2v) is 5.16. The molecular weight excluding hydrogens is 339 g/mol. The van der Waals surface area contributed by atoms with Crippen LogP contribution in [0.1, 0.15) is 16.2 Å². The van der Waals surface area contributed by atoms with Gasteiger partial charge in [-0.25, -0.2) is 9.97 Å².